The molecule has 0 saturated heterocycles. The summed E-state index contributed by atoms with van der Waals surface area (Å²) in [5, 5.41) is 7.08. The molecule has 1 aromatic carbocycles. The maximum absolute atomic E-state index is 13.0. The summed E-state index contributed by atoms with van der Waals surface area (Å²) in [4.78, 5) is 12.1. The number of rotatable bonds is 4. The maximum Gasteiger partial charge on any atom is 0.233 e. The first-order chi connectivity index (χ1) is 10.7. The first-order valence-corrected chi connectivity index (χ1v) is 9.11. The predicted octanol–water partition coefficient (Wildman–Crippen LogP) is 4.20. The number of halogens is 1. The summed E-state index contributed by atoms with van der Waals surface area (Å²) in [7, 11) is 0. The van der Waals surface area contributed by atoms with Crippen molar-refractivity contribution in [3.63, 3.8) is 0 Å². The summed E-state index contributed by atoms with van der Waals surface area (Å²) < 4.78 is 15.8. The number of hydrogen-bond acceptors (Lipinski definition) is 5. The summed E-state index contributed by atoms with van der Waals surface area (Å²) >= 11 is 8.00. The zero-order chi connectivity index (χ0) is 17.2. The SMILES string of the molecule is C[C@H](Sc1nn(-c2ccc(F)cc2)c(=S)s1)C(=O)NC(C)(C)C. The van der Waals surface area contributed by atoms with Gasteiger partial charge in [-0.05, 0) is 64.2 Å². The summed E-state index contributed by atoms with van der Waals surface area (Å²) in [6.45, 7) is 7.65. The van der Waals surface area contributed by atoms with Gasteiger partial charge in [-0.1, -0.05) is 23.1 Å². The fourth-order valence-corrected chi connectivity index (χ4v) is 4.24. The Labute approximate surface area is 148 Å². The lowest BCUT2D eigenvalue weighted by atomic mass is 10.1. The molecule has 0 bridgehead atoms. The van der Waals surface area contributed by atoms with Gasteiger partial charge < -0.3 is 5.32 Å². The van der Waals surface area contributed by atoms with E-state index in [0.29, 0.717) is 14.0 Å². The van der Waals surface area contributed by atoms with Gasteiger partial charge >= 0.3 is 0 Å². The van der Waals surface area contributed by atoms with Crippen LogP contribution >= 0.6 is 35.3 Å². The summed E-state index contributed by atoms with van der Waals surface area (Å²) in [5.41, 5.74) is 0.428. The van der Waals surface area contributed by atoms with E-state index in [-0.39, 0.29) is 22.5 Å². The van der Waals surface area contributed by atoms with Crippen molar-refractivity contribution in [3.8, 4) is 5.69 Å². The Morgan fingerprint density at radius 1 is 1.39 bits per heavy atom. The van der Waals surface area contributed by atoms with Crippen molar-refractivity contribution in [2.24, 2.45) is 0 Å². The molecule has 1 heterocycles. The van der Waals surface area contributed by atoms with E-state index in [1.54, 1.807) is 16.8 Å². The second-order valence-corrected chi connectivity index (χ2v) is 9.23. The van der Waals surface area contributed by atoms with Gasteiger partial charge in [-0.15, -0.1) is 5.10 Å². The number of carbonyl (C=O) groups excluding carboxylic acids is 1. The van der Waals surface area contributed by atoms with E-state index in [1.165, 1.54) is 35.2 Å². The van der Waals surface area contributed by atoms with E-state index in [9.17, 15) is 9.18 Å². The molecule has 1 N–H and O–H groups in total. The molecule has 0 saturated carbocycles. The summed E-state index contributed by atoms with van der Waals surface area (Å²) in [6.07, 6.45) is 0. The lowest BCUT2D eigenvalue weighted by Gasteiger charge is -2.22. The van der Waals surface area contributed by atoms with Gasteiger partial charge in [-0.25, -0.2) is 9.07 Å². The van der Waals surface area contributed by atoms with Crippen molar-refractivity contribution < 1.29 is 9.18 Å². The fourth-order valence-electron chi connectivity index (χ4n) is 1.73. The Morgan fingerprint density at radius 2 is 2.00 bits per heavy atom. The summed E-state index contributed by atoms with van der Waals surface area (Å²) in [6, 6.07) is 5.97. The number of hydrogen-bond donors (Lipinski definition) is 1. The molecule has 0 aliphatic carbocycles. The van der Waals surface area contributed by atoms with Crippen LogP contribution in [0, 0.1) is 9.77 Å². The van der Waals surface area contributed by atoms with Crippen LogP contribution in [0.3, 0.4) is 0 Å². The van der Waals surface area contributed by atoms with Crippen molar-refractivity contribution in [2.45, 2.75) is 42.8 Å². The van der Waals surface area contributed by atoms with Gasteiger partial charge in [-0.2, -0.15) is 0 Å². The number of nitrogens with zero attached hydrogens (tertiary/aromatic N) is 2. The Morgan fingerprint density at radius 3 is 2.57 bits per heavy atom. The quantitative estimate of drug-likeness (QED) is 0.646. The zero-order valence-corrected chi connectivity index (χ0v) is 15.7. The van der Waals surface area contributed by atoms with Gasteiger partial charge in [0.15, 0.2) is 8.29 Å². The smallest absolute Gasteiger partial charge is 0.233 e. The molecular formula is C15H18FN3OS3. The van der Waals surface area contributed by atoms with Gasteiger partial charge in [0, 0.05) is 5.54 Å². The van der Waals surface area contributed by atoms with Crippen LogP contribution in [0.2, 0.25) is 0 Å². The zero-order valence-electron chi connectivity index (χ0n) is 13.3. The molecule has 2 rings (SSSR count). The van der Waals surface area contributed by atoms with Crippen LogP contribution in [-0.4, -0.2) is 26.5 Å². The largest absolute Gasteiger partial charge is 0.351 e. The van der Waals surface area contributed by atoms with E-state index in [0.717, 1.165) is 0 Å². The van der Waals surface area contributed by atoms with Crippen LogP contribution in [0.25, 0.3) is 5.69 Å². The topological polar surface area (TPSA) is 46.9 Å². The Bertz CT molecular complexity index is 747. The number of thioether (sulfide) groups is 1. The van der Waals surface area contributed by atoms with Crippen molar-refractivity contribution >= 4 is 41.2 Å². The van der Waals surface area contributed by atoms with E-state index in [1.807, 2.05) is 27.7 Å². The first kappa shape index (κ1) is 18.1. The third-order valence-electron chi connectivity index (χ3n) is 2.75. The highest BCUT2D eigenvalue weighted by Crippen LogP contribution is 2.28. The molecule has 0 radical (unpaired) electrons. The van der Waals surface area contributed by atoms with Crippen molar-refractivity contribution in [1.82, 2.24) is 15.1 Å². The highest BCUT2D eigenvalue weighted by atomic mass is 32.2. The molecule has 0 unspecified atom stereocenters. The fraction of sp³-hybridized carbons (Fsp3) is 0.400. The number of aromatic nitrogens is 2. The molecule has 0 fully saturated rings. The standard InChI is InChI=1S/C15H18FN3OS3/c1-9(12(20)17-15(2,3)4)22-13-18-19(14(21)23-13)11-7-5-10(16)6-8-11/h5-9H,1-4H3,(H,17,20)/t9-/m0/s1. The molecule has 1 aromatic heterocycles. The number of nitrogens with one attached hydrogen (secondary N) is 1. The predicted molar refractivity (Wildman–Crippen MR) is 95.4 cm³/mol. The van der Waals surface area contributed by atoms with Gasteiger partial charge in [0.1, 0.15) is 5.82 Å². The van der Waals surface area contributed by atoms with Gasteiger partial charge in [-0.3, -0.25) is 4.79 Å². The van der Waals surface area contributed by atoms with Gasteiger partial charge in [0.2, 0.25) is 5.91 Å². The second kappa shape index (κ2) is 7.11. The monoisotopic (exact) mass is 371 g/mol. The minimum absolute atomic E-state index is 0.0445. The molecule has 0 aliphatic heterocycles. The lowest BCUT2D eigenvalue weighted by Crippen LogP contribution is -2.44. The molecule has 0 spiro atoms. The number of amides is 1. The molecule has 8 heteroatoms. The average molecular weight is 372 g/mol. The summed E-state index contributed by atoms with van der Waals surface area (Å²) in [5.74, 6) is -0.352. The molecule has 1 amide bonds. The van der Waals surface area contributed by atoms with Crippen molar-refractivity contribution in [1.29, 1.82) is 0 Å². The Balaban J connectivity index is 2.13. The normalized spacial score (nSPS) is 12.9. The molecule has 124 valence electrons. The van der Waals surface area contributed by atoms with E-state index < -0.39 is 0 Å². The van der Waals surface area contributed by atoms with Crippen LogP contribution in [0.1, 0.15) is 27.7 Å². The van der Waals surface area contributed by atoms with Crippen molar-refractivity contribution in [2.75, 3.05) is 0 Å². The second-order valence-electron chi connectivity index (χ2n) is 6.02. The van der Waals surface area contributed by atoms with E-state index >= 15 is 0 Å². The maximum atomic E-state index is 13.0. The molecule has 2 aromatic rings. The van der Waals surface area contributed by atoms with E-state index in [4.69, 9.17) is 12.2 Å². The molecular weight excluding hydrogens is 353 g/mol. The van der Waals surface area contributed by atoms with Crippen LogP contribution in [0.15, 0.2) is 28.6 Å². The average Bonchev–Trinajstić information content (AvgIpc) is 2.78. The molecule has 23 heavy (non-hydrogen) atoms. The molecule has 0 aliphatic rings. The third kappa shape index (κ3) is 5.12. The number of carbonyl (C=O) groups is 1. The molecule has 1 atom stereocenters. The van der Waals surface area contributed by atoms with E-state index in [2.05, 4.69) is 10.4 Å². The van der Waals surface area contributed by atoms with Crippen LogP contribution < -0.4 is 5.32 Å². The van der Waals surface area contributed by atoms with Gasteiger partial charge in [0.05, 0.1) is 10.9 Å². The van der Waals surface area contributed by atoms with Gasteiger partial charge in [0.25, 0.3) is 0 Å². The highest BCUT2D eigenvalue weighted by molar-refractivity contribution is 8.02. The minimum atomic E-state index is -0.308. The van der Waals surface area contributed by atoms with Crippen LogP contribution in [0.5, 0.6) is 0 Å². The van der Waals surface area contributed by atoms with Crippen molar-refractivity contribution in [3.05, 3.63) is 34.0 Å². The third-order valence-corrected chi connectivity index (χ3v) is 5.16. The van der Waals surface area contributed by atoms with Crippen LogP contribution in [-0.2, 0) is 4.79 Å². The number of benzene rings is 1. The Kier molecular flexibility index (Phi) is 5.59. The molecule has 4 nitrogen and oxygen atoms in total. The highest BCUT2D eigenvalue weighted by Gasteiger charge is 2.21. The lowest BCUT2D eigenvalue weighted by molar-refractivity contribution is -0.121. The first-order valence-electron chi connectivity index (χ1n) is 7.00. The van der Waals surface area contributed by atoms with Crippen LogP contribution in [0.4, 0.5) is 4.39 Å². The minimum Gasteiger partial charge on any atom is -0.351 e. The Hall–Kier alpha value is -1.25.